The van der Waals surface area contributed by atoms with Gasteiger partial charge in [0.2, 0.25) is 0 Å². The molecule has 88 valence electrons. The van der Waals surface area contributed by atoms with Gasteiger partial charge in [-0.2, -0.15) is 5.10 Å². The van der Waals surface area contributed by atoms with Gasteiger partial charge in [0.1, 0.15) is 11.5 Å². The number of H-pyrrole nitrogens is 1. The van der Waals surface area contributed by atoms with Gasteiger partial charge in [-0.3, -0.25) is 9.89 Å². The number of methoxy groups -OCH3 is 1. The van der Waals surface area contributed by atoms with Crippen LogP contribution >= 0.6 is 0 Å². The van der Waals surface area contributed by atoms with E-state index in [9.17, 15) is 14.7 Å². The summed E-state index contributed by atoms with van der Waals surface area (Å²) in [6.07, 6.45) is -1.39. The number of rotatable bonds is 4. The molecule has 0 saturated heterocycles. The number of hydrogen-bond acceptors (Lipinski definition) is 6. The lowest BCUT2D eigenvalue weighted by Crippen LogP contribution is -2.37. The van der Waals surface area contributed by atoms with Crippen molar-refractivity contribution in [3.8, 4) is 0 Å². The number of nitrogens with one attached hydrogen (secondary N) is 2. The van der Waals surface area contributed by atoms with E-state index in [1.165, 1.54) is 6.07 Å². The molecule has 1 unspecified atom stereocenters. The predicted octanol–water partition coefficient (Wildman–Crippen LogP) is -1.74. The Balaban J connectivity index is 2.44. The molecular weight excluding hydrogens is 216 g/mol. The summed E-state index contributed by atoms with van der Waals surface area (Å²) in [6, 6.07) is 1.33. The van der Waals surface area contributed by atoms with Crippen molar-refractivity contribution < 1.29 is 19.4 Å². The zero-order valence-electron chi connectivity index (χ0n) is 8.56. The molecule has 0 saturated carbocycles. The Morgan fingerprint density at radius 2 is 2.44 bits per heavy atom. The van der Waals surface area contributed by atoms with Crippen LogP contribution < -0.4 is 11.1 Å². The fraction of sp³-hybridized carbons (Fsp3) is 0.375. The monoisotopic (exact) mass is 228 g/mol. The van der Waals surface area contributed by atoms with Crippen LogP contribution in [0.5, 0.6) is 0 Å². The van der Waals surface area contributed by atoms with Gasteiger partial charge in [0.05, 0.1) is 13.7 Å². The van der Waals surface area contributed by atoms with E-state index in [0.717, 1.165) is 7.11 Å². The number of nitrogens with two attached hydrogens (primary N) is 1. The normalized spacial score (nSPS) is 11.9. The fourth-order valence-corrected chi connectivity index (χ4v) is 0.957. The molecule has 0 spiro atoms. The van der Waals surface area contributed by atoms with Gasteiger partial charge in [0.15, 0.2) is 6.10 Å². The minimum atomic E-state index is -1.39. The number of ether oxygens (including phenoxy) is 1. The summed E-state index contributed by atoms with van der Waals surface area (Å²) < 4.78 is 4.27. The first-order valence-corrected chi connectivity index (χ1v) is 4.39. The van der Waals surface area contributed by atoms with E-state index in [0.29, 0.717) is 0 Å². The first-order valence-electron chi connectivity index (χ1n) is 4.39. The molecule has 1 atom stereocenters. The van der Waals surface area contributed by atoms with Crippen molar-refractivity contribution in [2.24, 2.45) is 0 Å². The number of carbonyl (C=O) groups is 2. The maximum Gasteiger partial charge on any atom is 0.336 e. The lowest BCUT2D eigenvalue weighted by atomic mass is 10.3. The van der Waals surface area contributed by atoms with E-state index in [1.807, 2.05) is 0 Å². The third-order valence-corrected chi connectivity index (χ3v) is 1.77. The number of aromatic amines is 1. The number of carbonyl (C=O) groups excluding carboxylic acids is 2. The van der Waals surface area contributed by atoms with Crippen molar-refractivity contribution in [2.75, 3.05) is 19.4 Å². The van der Waals surface area contributed by atoms with Crippen LogP contribution in [0, 0.1) is 0 Å². The number of anilines is 1. The number of aliphatic hydroxyl groups is 1. The van der Waals surface area contributed by atoms with Crippen LogP contribution in [0.3, 0.4) is 0 Å². The maximum atomic E-state index is 11.4. The Bertz CT molecular complexity index is 389. The minimum Gasteiger partial charge on any atom is -0.467 e. The van der Waals surface area contributed by atoms with E-state index in [-0.39, 0.29) is 18.1 Å². The highest BCUT2D eigenvalue weighted by molar-refractivity contribution is 5.93. The van der Waals surface area contributed by atoms with Crippen molar-refractivity contribution in [2.45, 2.75) is 6.10 Å². The summed E-state index contributed by atoms with van der Waals surface area (Å²) in [6.45, 7) is -0.246. The highest BCUT2D eigenvalue weighted by Crippen LogP contribution is 1.99. The van der Waals surface area contributed by atoms with Gasteiger partial charge < -0.3 is 20.9 Å². The lowest BCUT2D eigenvalue weighted by molar-refractivity contribution is -0.149. The molecule has 0 aliphatic heterocycles. The van der Waals surface area contributed by atoms with Gasteiger partial charge in [0, 0.05) is 6.07 Å². The molecule has 8 heteroatoms. The van der Waals surface area contributed by atoms with Gasteiger partial charge in [-0.05, 0) is 0 Å². The Kier molecular flexibility index (Phi) is 3.84. The van der Waals surface area contributed by atoms with Gasteiger partial charge in [-0.1, -0.05) is 0 Å². The van der Waals surface area contributed by atoms with Crippen molar-refractivity contribution in [3.05, 3.63) is 11.8 Å². The van der Waals surface area contributed by atoms with Crippen LogP contribution in [-0.2, 0) is 9.53 Å². The second kappa shape index (κ2) is 5.12. The zero-order chi connectivity index (χ0) is 12.1. The van der Waals surface area contributed by atoms with Gasteiger partial charge in [-0.15, -0.1) is 0 Å². The molecule has 0 radical (unpaired) electrons. The van der Waals surface area contributed by atoms with E-state index in [2.05, 4.69) is 20.3 Å². The molecule has 0 bridgehead atoms. The quantitative estimate of drug-likeness (QED) is 0.452. The Labute approximate surface area is 90.8 Å². The topological polar surface area (TPSA) is 130 Å². The molecule has 8 nitrogen and oxygen atoms in total. The molecule has 1 heterocycles. The number of nitrogen functional groups attached to an aromatic ring is 1. The van der Waals surface area contributed by atoms with Crippen LogP contribution in [0.25, 0.3) is 0 Å². The predicted molar refractivity (Wildman–Crippen MR) is 53.4 cm³/mol. The number of nitrogens with zero attached hydrogens (tertiary/aromatic N) is 1. The number of aliphatic hydroxyl groups excluding tert-OH is 1. The SMILES string of the molecule is COC(=O)C(O)CNC(=O)c1cc(N)n[nH]1. The first kappa shape index (κ1) is 12.0. The molecule has 1 amide bonds. The second-order valence-corrected chi connectivity index (χ2v) is 2.96. The summed E-state index contributed by atoms with van der Waals surface area (Å²) in [4.78, 5) is 22.2. The average molecular weight is 228 g/mol. The molecule has 0 aromatic carbocycles. The molecule has 1 aromatic rings. The standard InChI is InChI=1S/C8H12N4O4/c1-16-8(15)5(13)3-10-7(14)4-2-6(9)12-11-4/h2,5,13H,3H2,1H3,(H,10,14)(H3,9,11,12). The van der Waals surface area contributed by atoms with Crippen molar-refractivity contribution in [1.82, 2.24) is 15.5 Å². The number of hydrogen-bond donors (Lipinski definition) is 4. The molecule has 0 aliphatic rings. The average Bonchev–Trinajstić information content (AvgIpc) is 2.71. The molecule has 1 aromatic heterocycles. The largest absolute Gasteiger partial charge is 0.467 e. The smallest absolute Gasteiger partial charge is 0.336 e. The van der Waals surface area contributed by atoms with Crippen LogP contribution in [0.4, 0.5) is 5.82 Å². The lowest BCUT2D eigenvalue weighted by Gasteiger charge is -2.08. The van der Waals surface area contributed by atoms with E-state index in [1.54, 1.807) is 0 Å². The third-order valence-electron chi connectivity index (χ3n) is 1.77. The van der Waals surface area contributed by atoms with Crippen LogP contribution in [0.1, 0.15) is 10.5 Å². The summed E-state index contributed by atoms with van der Waals surface area (Å²) in [7, 11) is 1.14. The number of esters is 1. The molecule has 16 heavy (non-hydrogen) atoms. The number of aromatic nitrogens is 2. The second-order valence-electron chi connectivity index (χ2n) is 2.96. The molecule has 5 N–H and O–H groups in total. The Morgan fingerprint density at radius 3 is 2.94 bits per heavy atom. The Hall–Kier alpha value is -2.09. The number of amides is 1. The van der Waals surface area contributed by atoms with Gasteiger partial charge in [-0.25, -0.2) is 4.79 Å². The van der Waals surface area contributed by atoms with E-state index >= 15 is 0 Å². The van der Waals surface area contributed by atoms with Gasteiger partial charge in [0.25, 0.3) is 5.91 Å². The summed E-state index contributed by atoms with van der Waals surface area (Å²) >= 11 is 0. The summed E-state index contributed by atoms with van der Waals surface area (Å²) in [5.41, 5.74) is 5.44. The summed E-state index contributed by atoms with van der Waals surface area (Å²) in [5.74, 6) is -1.16. The molecule has 1 rings (SSSR count). The van der Waals surface area contributed by atoms with Crippen molar-refractivity contribution >= 4 is 17.7 Å². The zero-order valence-corrected chi connectivity index (χ0v) is 8.56. The maximum absolute atomic E-state index is 11.4. The molecular formula is C8H12N4O4. The third kappa shape index (κ3) is 2.95. The van der Waals surface area contributed by atoms with Crippen LogP contribution in [-0.4, -0.2) is 46.9 Å². The highest BCUT2D eigenvalue weighted by atomic mass is 16.5. The van der Waals surface area contributed by atoms with Crippen molar-refractivity contribution in [3.63, 3.8) is 0 Å². The van der Waals surface area contributed by atoms with Crippen LogP contribution in [0.2, 0.25) is 0 Å². The van der Waals surface area contributed by atoms with Crippen molar-refractivity contribution in [1.29, 1.82) is 0 Å². The summed E-state index contributed by atoms with van der Waals surface area (Å²) in [5, 5.41) is 17.4. The van der Waals surface area contributed by atoms with E-state index < -0.39 is 18.0 Å². The first-order chi connectivity index (χ1) is 7.54. The fourth-order valence-electron chi connectivity index (χ4n) is 0.957. The van der Waals surface area contributed by atoms with Gasteiger partial charge >= 0.3 is 5.97 Å². The minimum absolute atomic E-state index is 0.148. The molecule has 0 aliphatic carbocycles. The molecule has 0 fully saturated rings. The Morgan fingerprint density at radius 1 is 1.75 bits per heavy atom. The highest BCUT2D eigenvalue weighted by Gasteiger charge is 2.17. The van der Waals surface area contributed by atoms with E-state index in [4.69, 9.17) is 5.73 Å². The van der Waals surface area contributed by atoms with Crippen LogP contribution in [0.15, 0.2) is 6.07 Å².